The van der Waals surface area contributed by atoms with Crippen molar-refractivity contribution >= 4 is 22.8 Å². The Kier molecular flexibility index (Phi) is 5.87. The van der Waals surface area contributed by atoms with Crippen LogP contribution in [0.5, 0.6) is 0 Å². The molecule has 2 aromatic heterocycles. The molecule has 5 rings (SSSR count). The van der Waals surface area contributed by atoms with Gasteiger partial charge in [0.2, 0.25) is 0 Å². The van der Waals surface area contributed by atoms with E-state index in [1.54, 1.807) is 4.68 Å². The van der Waals surface area contributed by atoms with Gasteiger partial charge in [0.15, 0.2) is 11.3 Å². The van der Waals surface area contributed by atoms with Gasteiger partial charge in [-0.25, -0.2) is 9.67 Å². The Labute approximate surface area is 185 Å². The quantitative estimate of drug-likeness (QED) is 0.797. The molecule has 1 amide bonds. The van der Waals surface area contributed by atoms with Crippen molar-refractivity contribution in [3.05, 3.63) is 17.8 Å². The predicted octanol–water partition coefficient (Wildman–Crippen LogP) is 3.34. The molecule has 4 heterocycles. The Morgan fingerprint density at radius 1 is 1.03 bits per heavy atom. The number of piperidine rings is 1. The molecule has 0 spiro atoms. The molecule has 2 aromatic rings. The molecule has 1 N–H and O–H groups in total. The van der Waals surface area contributed by atoms with E-state index in [2.05, 4.69) is 33.2 Å². The van der Waals surface area contributed by atoms with Crippen molar-refractivity contribution in [3.8, 4) is 0 Å². The number of aryl methyl sites for hydroxylation is 1. The van der Waals surface area contributed by atoms with Crippen LogP contribution in [0.1, 0.15) is 68.8 Å². The Hall–Kier alpha value is -2.15. The van der Waals surface area contributed by atoms with Gasteiger partial charge in [-0.3, -0.25) is 4.79 Å². The Morgan fingerprint density at radius 3 is 2.42 bits per heavy atom. The molecule has 2 saturated heterocycles. The highest BCUT2D eigenvalue weighted by molar-refractivity contribution is 6.04. The second kappa shape index (κ2) is 8.77. The minimum absolute atomic E-state index is 0.0661. The zero-order chi connectivity index (χ0) is 21.4. The van der Waals surface area contributed by atoms with E-state index < -0.39 is 0 Å². The van der Waals surface area contributed by atoms with E-state index in [9.17, 15) is 4.79 Å². The zero-order valence-corrected chi connectivity index (χ0v) is 19.0. The molecule has 7 heteroatoms. The number of carbonyl (C=O) groups excluding carboxylic acids is 1. The fraction of sp³-hybridized carbons (Fsp3) is 0.708. The van der Waals surface area contributed by atoms with E-state index >= 15 is 0 Å². The molecule has 31 heavy (non-hydrogen) atoms. The van der Waals surface area contributed by atoms with Crippen LogP contribution in [0.2, 0.25) is 0 Å². The third kappa shape index (κ3) is 4.43. The molecule has 1 atom stereocenters. The van der Waals surface area contributed by atoms with E-state index in [1.165, 1.54) is 38.5 Å². The van der Waals surface area contributed by atoms with Gasteiger partial charge in [-0.15, -0.1) is 0 Å². The summed E-state index contributed by atoms with van der Waals surface area (Å²) in [5.41, 5.74) is 1.29. The van der Waals surface area contributed by atoms with Gasteiger partial charge in [-0.1, -0.05) is 12.8 Å². The molecule has 7 nitrogen and oxygen atoms in total. The molecule has 1 saturated carbocycles. The first kappa shape index (κ1) is 20.7. The maximum absolute atomic E-state index is 13.1. The Balaban J connectivity index is 1.26. The minimum atomic E-state index is -0.0661. The number of pyridine rings is 1. The number of nitrogens with zero attached hydrogens (tertiary/aromatic N) is 5. The first-order chi connectivity index (χ1) is 15.1. The van der Waals surface area contributed by atoms with Crippen molar-refractivity contribution < 1.29 is 4.79 Å². The van der Waals surface area contributed by atoms with Crippen LogP contribution in [0, 0.1) is 5.92 Å². The smallest absolute Gasteiger partial charge is 0.272 e. The number of hydrogen-bond donors (Lipinski definition) is 1. The lowest BCUT2D eigenvalue weighted by Crippen LogP contribution is -2.47. The fourth-order valence-corrected chi connectivity index (χ4v) is 5.35. The standard InChI is InChI=1S/C24H36N6O/c1-17(18-7-8-18)29-15-11-19(12-16-29)25-24(31)22-20-9-10-21(26-23(20)28(2)27-22)30-13-5-3-4-6-14-30/h9-10,17-19H,3-8,11-16H2,1-2H3,(H,25,31). The highest BCUT2D eigenvalue weighted by Gasteiger charge is 2.34. The van der Waals surface area contributed by atoms with Crippen LogP contribution in [0.4, 0.5) is 5.82 Å². The van der Waals surface area contributed by atoms with Gasteiger partial charge in [-0.2, -0.15) is 5.10 Å². The van der Waals surface area contributed by atoms with Crippen LogP contribution in [0.25, 0.3) is 11.0 Å². The summed E-state index contributed by atoms with van der Waals surface area (Å²) in [5, 5.41) is 8.65. The number of fused-ring (bicyclic) bond motifs is 1. The molecular weight excluding hydrogens is 388 g/mol. The van der Waals surface area contributed by atoms with E-state index in [1.807, 2.05) is 13.1 Å². The van der Waals surface area contributed by atoms with Gasteiger partial charge < -0.3 is 15.1 Å². The number of anilines is 1. The summed E-state index contributed by atoms with van der Waals surface area (Å²) in [6, 6.07) is 5.02. The van der Waals surface area contributed by atoms with Crippen molar-refractivity contribution in [2.24, 2.45) is 13.0 Å². The van der Waals surface area contributed by atoms with Gasteiger partial charge in [0.25, 0.3) is 5.91 Å². The number of amides is 1. The van der Waals surface area contributed by atoms with Crippen molar-refractivity contribution in [1.82, 2.24) is 25.0 Å². The van der Waals surface area contributed by atoms with Crippen molar-refractivity contribution in [2.45, 2.75) is 70.4 Å². The van der Waals surface area contributed by atoms with Crippen LogP contribution in [0.15, 0.2) is 12.1 Å². The lowest BCUT2D eigenvalue weighted by molar-refractivity contribution is 0.0884. The van der Waals surface area contributed by atoms with E-state index in [-0.39, 0.29) is 11.9 Å². The highest BCUT2D eigenvalue weighted by Crippen LogP contribution is 2.36. The molecule has 0 radical (unpaired) electrons. The maximum atomic E-state index is 13.1. The fourth-order valence-electron chi connectivity index (χ4n) is 5.35. The lowest BCUT2D eigenvalue weighted by Gasteiger charge is -2.36. The number of carbonyl (C=O) groups is 1. The summed E-state index contributed by atoms with van der Waals surface area (Å²) in [6.45, 7) is 6.63. The first-order valence-corrected chi connectivity index (χ1v) is 12.2. The molecule has 1 unspecified atom stereocenters. The maximum Gasteiger partial charge on any atom is 0.272 e. The lowest BCUT2D eigenvalue weighted by atomic mass is 10.0. The van der Waals surface area contributed by atoms with E-state index in [0.29, 0.717) is 11.7 Å². The summed E-state index contributed by atoms with van der Waals surface area (Å²) in [5.74, 6) is 1.84. The molecule has 3 fully saturated rings. The molecular formula is C24H36N6O. The average molecular weight is 425 g/mol. The third-order valence-electron chi connectivity index (χ3n) is 7.56. The van der Waals surface area contributed by atoms with Crippen molar-refractivity contribution in [2.75, 3.05) is 31.1 Å². The zero-order valence-electron chi connectivity index (χ0n) is 19.0. The van der Waals surface area contributed by atoms with Crippen LogP contribution in [0.3, 0.4) is 0 Å². The number of hydrogen-bond acceptors (Lipinski definition) is 5. The first-order valence-electron chi connectivity index (χ1n) is 12.2. The molecule has 0 aromatic carbocycles. The predicted molar refractivity (Wildman–Crippen MR) is 123 cm³/mol. The van der Waals surface area contributed by atoms with Crippen LogP contribution in [-0.2, 0) is 7.05 Å². The summed E-state index contributed by atoms with van der Waals surface area (Å²) in [6.07, 6.45) is 9.85. The highest BCUT2D eigenvalue weighted by atomic mass is 16.2. The molecule has 0 bridgehead atoms. The SMILES string of the molecule is CC(C1CC1)N1CCC(NC(=O)c2nn(C)c3nc(N4CCCCCC4)ccc23)CC1. The molecule has 1 aliphatic carbocycles. The minimum Gasteiger partial charge on any atom is -0.357 e. The number of rotatable bonds is 5. The van der Waals surface area contributed by atoms with E-state index in [0.717, 1.165) is 61.8 Å². The van der Waals surface area contributed by atoms with Gasteiger partial charge in [-0.05, 0) is 63.5 Å². The summed E-state index contributed by atoms with van der Waals surface area (Å²) < 4.78 is 1.76. The van der Waals surface area contributed by atoms with Gasteiger partial charge >= 0.3 is 0 Å². The third-order valence-corrected chi connectivity index (χ3v) is 7.56. The van der Waals surface area contributed by atoms with Gasteiger partial charge in [0.1, 0.15) is 5.82 Å². The second-order valence-corrected chi connectivity index (χ2v) is 9.78. The van der Waals surface area contributed by atoms with Crippen LogP contribution in [-0.4, -0.2) is 63.8 Å². The van der Waals surface area contributed by atoms with Gasteiger partial charge in [0, 0.05) is 45.3 Å². The number of aromatic nitrogens is 3. The van der Waals surface area contributed by atoms with Crippen molar-refractivity contribution in [3.63, 3.8) is 0 Å². The Morgan fingerprint density at radius 2 is 1.74 bits per heavy atom. The molecule has 2 aliphatic heterocycles. The Bertz CT molecular complexity index is 920. The number of nitrogens with one attached hydrogen (secondary N) is 1. The number of likely N-dealkylation sites (tertiary alicyclic amines) is 1. The monoisotopic (exact) mass is 424 g/mol. The summed E-state index contributed by atoms with van der Waals surface area (Å²) >= 11 is 0. The van der Waals surface area contributed by atoms with Crippen LogP contribution >= 0.6 is 0 Å². The largest absolute Gasteiger partial charge is 0.357 e. The van der Waals surface area contributed by atoms with E-state index in [4.69, 9.17) is 4.98 Å². The molecule has 3 aliphatic rings. The summed E-state index contributed by atoms with van der Waals surface area (Å²) in [4.78, 5) is 22.9. The van der Waals surface area contributed by atoms with Gasteiger partial charge in [0.05, 0.1) is 5.39 Å². The normalized spacial score (nSPS) is 22.5. The topological polar surface area (TPSA) is 66.3 Å². The van der Waals surface area contributed by atoms with Crippen molar-refractivity contribution in [1.29, 1.82) is 0 Å². The van der Waals surface area contributed by atoms with Crippen LogP contribution < -0.4 is 10.2 Å². The second-order valence-electron chi connectivity index (χ2n) is 9.78. The average Bonchev–Trinajstić information content (AvgIpc) is 3.61. The summed E-state index contributed by atoms with van der Waals surface area (Å²) in [7, 11) is 1.88. The molecule has 168 valence electrons.